The summed E-state index contributed by atoms with van der Waals surface area (Å²) in [6.07, 6.45) is 3.47. The van der Waals surface area contributed by atoms with Crippen LogP contribution in [0.5, 0.6) is 0 Å². The van der Waals surface area contributed by atoms with Crippen LogP contribution in [-0.2, 0) is 24.4 Å². The summed E-state index contributed by atoms with van der Waals surface area (Å²) in [5.74, 6) is 1.09. The Bertz CT molecular complexity index is 793. The molecule has 190 valence electrons. The maximum absolute atomic E-state index is 13.4. The molecule has 0 aromatic rings. The molecule has 1 saturated heterocycles. The SMILES string of the molecule is O=C(NC1CCC(CC2CCC(NC(=O)C3CO3)CC2)CC1)OCC(F)C(F)(F)S(=O)(=O)O. The third kappa shape index (κ3) is 7.44. The van der Waals surface area contributed by atoms with E-state index in [1.165, 1.54) is 0 Å². The van der Waals surface area contributed by atoms with Crippen LogP contribution in [0.2, 0.25) is 0 Å². The number of ether oxygens (including phenoxy) is 2. The minimum absolute atomic E-state index is 0.0167. The first-order chi connectivity index (χ1) is 15.5. The van der Waals surface area contributed by atoms with E-state index in [1.807, 2.05) is 0 Å². The Kier molecular flexibility index (Phi) is 8.49. The van der Waals surface area contributed by atoms with Crippen molar-refractivity contribution in [2.45, 2.75) is 87.4 Å². The van der Waals surface area contributed by atoms with Gasteiger partial charge in [-0.25, -0.2) is 9.18 Å². The normalized spacial score (nSPS) is 31.3. The highest BCUT2D eigenvalue weighted by molar-refractivity contribution is 7.86. The van der Waals surface area contributed by atoms with Gasteiger partial charge in [0.25, 0.3) is 5.91 Å². The molecule has 3 fully saturated rings. The Morgan fingerprint density at radius 2 is 1.48 bits per heavy atom. The Balaban J connectivity index is 1.29. The molecule has 2 aliphatic carbocycles. The van der Waals surface area contributed by atoms with Gasteiger partial charge in [0, 0.05) is 12.1 Å². The van der Waals surface area contributed by atoms with Crippen LogP contribution >= 0.6 is 0 Å². The molecule has 0 aromatic carbocycles. The molecule has 0 bridgehead atoms. The van der Waals surface area contributed by atoms with Crippen molar-refractivity contribution in [2.24, 2.45) is 11.8 Å². The van der Waals surface area contributed by atoms with Gasteiger partial charge < -0.3 is 20.1 Å². The smallest absolute Gasteiger partial charge is 0.407 e. The number of carbonyl (C=O) groups excluding carboxylic acids is 2. The highest BCUT2D eigenvalue weighted by Crippen LogP contribution is 2.35. The molecule has 0 aromatic heterocycles. The molecule has 1 heterocycles. The number of hydrogen-bond donors (Lipinski definition) is 3. The number of carbonyl (C=O) groups is 2. The molecule has 33 heavy (non-hydrogen) atoms. The molecule has 2 unspecified atom stereocenters. The number of rotatable bonds is 9. The van der Waals surface area contributed by atoms with Crippen LogP contribution in [0.4, 0.5) is 18.0 Å². The van der Waals surface area contributed by atoms with E-state index in [0.717, 1.165) is 44.9 Å². The second-order valence-electron chi connectivity index (χ2n) is 9.25. The number of alkyl carbamates (subject to hydrolysis) is 1. The standard InChI is InChI=1S/C20H31F3N2O7S/c21-17(20(22,23)33(28,29)30)11-32-19(27)25-15-7-3-13(4-8-15)9-12-1-5-14(6-2-12)24-18(26)16-10-31-16/h12-17H,1-11H2,(H,24,26)(H,25,27)(H,28,29,30). The second-order valence-corrected chi connectivity index (χ2v) is 10.7. The first-order valence-electron chi connectivity index (χ1n) is 11.3. The molecule has 13 heteroatoms. The summed E-state index contributed by atoms with van der Waals surface area (Å²) < 4.78 is 78.4. The molecule has 0 radical (unpaired) electrons. The Labute approximate surface area is 190 Å². The molecular weight excluding hydrogens is 469 g/mol. The fourth-order valence-corrected chi connectivity index (χ4v) is 5.06. The van der Waals surface area contributed by atoms with Crippen molar-refractivity contribution in [3.8, 4) is 0 Å². The first kappa shape index (κ1) is 26.0. The van der Waals surface area contributed by atoms with E-state index in [0.29, 0.717) is 31.3 Å². The molecule has 9 nitrogen and oxygen atoms in total. The summed E-state index contributed by atoms with van der Waals surface area (Å²) >= 11 is 0. The lowest BCUT2D eigenvalue weighted by Crippen LogP contribution is -2.43. The molecule has 3 N–H and O–H groups in total. The molecule has 2 atom stereocenters. The maximum Gasteiger partial charge on any atom is 0.407 e. The van der Waals surface area contributed by atoms with Gasteiger partial charge in [-0.15, -0.1) is 0 Å². The maximum atomic E-state index is 13.4. The van der Waals surface area contributed by atoms with Gasteiger partial charge in [0.1, 0.15) is 6.61 Å². The van der Waals surface area contributed by atoms with E-state index in [1.54, 1.807) is 0 Å². The van der Waals surface area contributed by atoms with Crippen LogP contribution < -0.4 is 10.6 Å². The predicted octanol–water partition coefficient (Wildman–Crippen LogP) is 2.55. The summed E-state index contributed by atoms with van der Waals surface area (Å²) in [5.41, 5.74) is 0. The lowest BCUT2D eigenvalue weighted by Gasteiger charge is -2.34. The number of halogens is 3. The van der Waals surface area contributed by atoms with Crippen molar-refractivity contribution in [3.63, 3.8) is 0 Å². The van der Waals surface area contributed by atoms with Crippen molar-refractivity contribution in [3.05, 3.63) is 0 Å². The molecule has 3 rings (SSSR count). The van der Waals surface area contributed by atoms with Gasteiger partial charge in [-0.1, -0.05) is 0 Å². The highest BCUT2D eigenvalue weighted by Gasteiger charge is 2.53. The van der Waals surface area contributed by atoms with Crippen LogP contribution in [-0.4, -0.2) is 67.8 Å². The average Bonchev–Trinajstić information content (AvgIpc) is 3.59. The number of hydrogen-bond acceptors (Lipinski definition) is 6. The zero-order valence-electron chi connectivity index (χ0n) is 18.2. The van der Waals surface area contributed by atoms with Gasteiger partial charge in [-0.2, -0.15) is 17.2 Å². The Morgan fingerprint density at radius 3 is 1.94 bits per heavy atom. The van der Waals surface area contributed by atoms with E-state index >= 15 is 0 Å². The van der Waals surface area contributed by atoms with E-state index in [4.69, 9.17) is 9.29 Å². The van der Waals surface area contributed by atoms with Gasteiger partial charge in [0.2, 0.25) is 6.17 Å². The molecule has 2 amide bonds. The van der Waals surface area contributed by atoms with Gasteiger partial charge in [-0.05, 0) is 69.6 Å². The lowest BCUT2D eigenvalue weighted by atomic mass is 9.75. The molecule has 1 aliphatic heterocycles. The minimum atomic E-state index is -5.95. The van der Waals surface area contributed by atoms with Crippen molar-refractivity contribution >= 4 is 22.1 Å². The first-order valence-corrected chi connectivity index (χ1v) is 12.7. The summed E-state index contributed by atoms with van der Waals surface area (Å²) in [6.45, 7) is -0.985. The van der Waals surface area contributed by atoms with Crippen molar-refractivity contribution in [1.82, 2.24) is 10.6 Å². The molecule has 0 spiro atoms. The number of amides is 2. The summed E-state index contributed by atoms with van der Waals surface area (Å²) in [6, 6.07) is -0.0188. The highest BCUT2D eigenvalue weighted by atomic mass is 32.2. The van der Waals surface area contributed by atoms with Gasteiger partial charge >= 0.3 is 21.5 Å². The summed E-state index contributed by atoms with van der Waals surface area (Å²) in [5, 5.41) is 0.476. The largest absolute Gasteiger partial charge is 0.446 e. The Morgan fingerprint density at radius 1 is 1.00 bits per heavy atom. The van der Waals surface area contributed by atoms with Crippen molar-refractivity contribution < 1.29 is 45.2 Å². The van der Waals surface area contributed by atoms with Crippen LogP contribution in [0.1, 0.15) is 57.8 Å². The summed E-state index contributed by atoms with van der Waals surface area (Å²) in [7, 11) is -5.95. The fourth-order valence-electron chi connectivity index (χ4n) is 4.67. The third-order valence-electron chi connectivity index (χ3n) is 6.72. The monoisotopic (exact) mass is 500 g/mol. The third-order valence-corrected chi connectivity index (χ3v) is 7.67. The molecule has 2 saturated carbocycles. The Hall–Kier alpha value is -1.60. The van der Waals surface area contributed by atoms with Crippen molar-refractivity contribution in [2.75, 3.05) is 13.2 Å². The van der Waals surface area contributed by atoms with Crippen LogP contribution in [0, 0.1) is 11.8 Å². The minimum Gasteiger partial charge on any atom is -0.446 e. The number of epoxide rings is 1. The summed E-state index contributed by atoms with van der Waals surface area (Å²) in [4.78, 5) is 23.5. The van der Waals surface area contributed by atoms with Gasteiger partial charge in [0.05, 0.1) is 6.61 Å². The van der Waals surface area contributed by atoms with Gasteiger partial charge in [0.15, 0.2) is 6.10 Å². The molecule has 3 aliphatic rings. The average molecular weight is 501 g/mol. The predicted molar refractivity (Wildman–Crippen MR) is 110 cm³/mol. The zero-order chi connectivity index (χ0) is 24.2. The fraction of sp³-hybridized carbons (Fsp3) is 0.900. The topological polar surface area (TPSA) is 134 Å². The van der Waals surface area contributed by atoms with Crippen LogP contribution in [0.15, 0.2) is 0 Å². The lowest BCUT2D eigenvalue weighted by molar-refractivity contribution is -0.123. The van der Waals surface area contributed by atoms with E-state index in [2.05, 4.69) is 15.4 Å². The van der Waals surface area contributed by atoms with E-state index < -0.39 is 34.2 Å². The van der Waals surface area contributed by atoms with Crippen LogP contribution in [0.25, 0.3) is 0 Å². The van der Waals surface area contributed by atoms with Crippen LogP contribution in [0.3, 0.4) is 0 Å². The second kappa shape index (κ2) is 10.8. The number of alkyl halides is 3. The zero-order valence-corrected chi connectivity index (χ0v) is 19.0. The molecular formula is C20H31F3N2O7S. The number of nitrogens with one attached hydrogen (secondary N) is 2. The quantitative estimate of drug-likeness (QED) is 0.327. The van der Waals surface area contributed by atoms with E-state index in [9.17, 15) is 31.2 Å². The van der Waals surface area contributed by atoms with Gasteiger partial charge in [-0.3, -0.25) is 9.35 Å². The van der Waals surface area contributed by atoms with E-state index in [-0.39, 0.29) is 24.1 Å². The van der Waals surface area contributed by atoms with Crippen molar-refractivity contribution in [1.29, 1.82) is 0 Å².